The van der Waals surface area contributed by atoms with Crippen molar-refractivity contribution in [2.45, 2.75) is 13.8 Å². The Kier molecular flexibility index (Phi) is 4.62. The van der Waals surface area contributed by atoms with Gasteiger partial charge in [0.1, 0.15) is 5.82 Å². The number of hydrogen-bond acceptors (Lipinski definition) is 2. The number of aromatic nitrogens is 2. The monoisotopic (exact) mass is 315 g/mol. The van der Waals surface area contributed by atoms with Crippen molar-refractivity contribution in [1.82, 2.24) is 9.97 Å². The first-order valence-electron chi connectivity index (χ1n) is 8.21. The average molecular weight is 315 g/mol. The van der Waals surface area contributed by atoms with Crippen LogP contribution in [0.5, 0.6) is 0 Å². The van der Waals surface area contributed by atoms with E-state index < -0.39 is 0 Å². The summed E-state index contributed by atoms with van der Waals surface area (Å²) in [5.41, 5.74) is 12.1. The van der Waals surface area contributed by atoms with Crippen LogP contribution in [0, 0.1) is 0 Å². The molecule has 3 heteroatoms. The second kappa shape index (κ2) is 7.01. The zero-order chi connectivity index (χ0) is 16.9. The van der Waals surface area contributed by atoms with E-state index in [-0.39, 0.29) is 0 Å². The Bertz CT molecular complexity index is 907. The molecule has 24 heavy (non-hydrogen) atoms. The number of nitrogen functional groups attached to an aromatic ring is 1. The highest BCUT2D eigenvalue weighted by molar-refractivity contribution is 5.84. The van der Waals surface area contributed by atoms with Crippen molar-refractivity contribution >= 4 is 16.7 Å². The molecule has 3 aromatic carbocycles. The minimum absolute atomic E-state index is 0.723. The maximum Gasteiger partial charge on any atom is 0.140 e. The van der Waals surface area contributed by atoms with Gasteiger partial charge in [0.25, 0.3) is 0 Å². The molecule has 0 unspecified atom stereocenters. The van der Waals surface area contributed by atoms with Crippen LogP contribution < -0.4 is 5.73 Å². The molecule has 4 rings (SSSR count). The Morgan fingerprint density at radius 3 is 2.21 bits per heavy atom. The zero-order valence-corrected chi connectivity index (χ0v) is 14.0. The Morgan fingerprint density at radius 1 is 0.792 bits per heavy atom. The number of anilines is 1. The zero-order valence-electron chi connectivity index (χ0n) is 14.0. The van der Waals surface area contributed by atoms with E-state index in [1.54, 1.807) is 0 Å². The summed E-state index contributed by atoms with van der Waals surface area (Å²) in [6.45, 7) is 4.00. The Hall–Kier alpha value is -3.07. The van der Waals surface area contributed by atoms with Crippen LogP contribution in [0.15, 0.2) is 72.8 Å². The first-order valence-corrected chi connectivity index (χ1v) is 8.21. The summed E-state index contributed by atoms with van der Waals surface area (Å²) in [5.74, 6) is 0.804. The Labute approximate surface area is 142 Å². The molecule has 3 nitrogen and oxygen atoms in total. The van der Waals surface area contributed by atoms with Gasteiger partial charge in [0.2, 0.25) is 0 Å². The smallest absolute Gasteiger partial charge is 0.140 e. The van der Waals surface area contributed by atoms with Crippen molar-refractivity contribution in [3.05, 3.63) is 72.8 Å². The number of aromatic amines is 1. The predicted octanol–water partition coefficient (Wildman–Crippen LogP) is 5.51. The summed E-state index contributed by atoms with van der Waals surface area (Å²) >= 11 is 0. The van der Waals surface area contributed by atoms with Gasteiger partial charge in [-0.05, 0) is 35.4 Å². The molecule has 4 aromatic rings. The maximum atomic E-state index is 6.25. The van der Waals surface area contributed by atoms with E-state index in [4.69, 9.17) is 5.73 Å². The molecule has 0 aliphatic carbocycles. The highest BCUT2D eigenvalue weighted by Crippen LogP contribution is 2.30. The summed E-state index contributed by atoms with van der Waals surface area (Å²) in [6, 6.07) is 24.3. The fourth-order valence-electron chi connectivity index (χ4n) is 2.67. The summed E-state index contributed by atoms with van der Waals surface area (Å²) in [7, 11) is 0. The molecule has 0 saturated heterocycles. The SMILES string of the molecule is CC.Nc1cc(-c2ccccc2)ccc1-c1nc2ccccc2[nH]1. The van der Waals surface area contributed by atoms with Gasteiger partial charge in [0, 0.05) is 11.3 Å². The van der Waals surface area contributed by atoms with Crippen LogP contribution in [-0.2, 0) is 0 Å². The number of benzene rings is 3. The van der Waals surface area contributed by atoms with Crippen molar-refractivity contribution in [3.8, 4) is 22.5 Å². The molecule has 0 aliphatic rings. The van der Waals surface area contributed by atoms with Crippen LogP contribution in [-0.4, -0.2) is 9.97 Å². The van der Waals surface area contributed by atoms with E-state index in [0.29, 0.717) is 0 Å². The van der Waals surface area contributed by atoms with Crippen LogP contribution in [0.3, 0.4) is 0 Å². The summed E-state index contributed by atoms with van der Waals surface area (Å²) in [5, 5.41) is 0. The second-order valence-electron chi connectivity index (χ2n) is 5.27. The molecule has 3 N–H and O–H groups in total. The average Bonchev–Trinajstić information content (AvgIpc) is 3.08. The van der Waals surface area contributed by atoms with Gasteiger partial charge in [0.05, 0.1) is 11.0 Å². The lowest BCUT2D eigenvalue weighted by Gasteiger charge is -2.06. The van der Waals surface area contributed by atoms with E-state index in [2.05, 4.69) is 28.2 Å². The molecule has 0 bridgehead atoms. The third kappa shape index (κ3) is 3.01. The van der Waals surface area contributed by atoms with Gasteiger partial charge in [-0.3, -0.25) is 0 Å². The molecule has 0 atom stereocenters. The highest BCUT2D eigenvalue weighted by atomic mass is 14.9. The molecular formula is C21H21N3. The number of nitrogens with zero attached hydrogens (tertiary/aromatic N) is 1. The van der Waals surface area contributed by atoms with Crippen LogP contribution in [0.25, 0.3) is 33.5 Å². The van der Waals surface area contributed by atoms with E-state index in [1.165, 1.54) is 0 Å². The van der Waals surface area contributed by atoms with Crippen LogP contribution >= 0.6 is 0 Å². The first kappa shape index (κ1) is 15.8. The number of H-pyrrole nitrogens is 1. The molecule has 0 fully saturated rings. The van der Waals surface area contributed by atoms with Gasteiger partial charge in [-0.15, -0.1) is 0 Å². The van der Waals surface area contributed by atoms with E-state index in [9.17, 15) is 0 Å². The predicted molar refractivity (Wildman–Crippen MR) is 103 cm³/mol. The molecule has 120 valence electrons. The van der Waals surface area contributed by atoms with Gasteiger partial charge >= 0.3 is 0 Å². The Balaban J connectivity index is 0.000000815. The van der Waals surface area contributed by atoms with E-state index in [0.717, 1.165) is 39.2 Å². The van der Waals surface area contributed by atoms with Crippen molar-refractivity contribution in [3.63, 3.8) is 0 Å². The van der Waals surface area contributed by atoms with E-state index in [1.807, 2.05) is 68.4 Å². The van der Waals surface area contributed by atoms with Crippen LogP contribution in [0.1, 0.15) is 13.8 Å². The summed E-state index contributed by atoms with van der Waals surface area (Å²) in [4.78, 5) is 7.93. The lowest BCUT2D eigenvalue weighted by molar-refractivity contribution is 1.34. The fourth-order valence-corrected chi connectivity index (χ4v) is 2.67. The Morgan fingerprint density at radius 2 is 1.50 bits per heavy atom. The largest absolute Gasteiger partial charge is 0.398 e. The minimum atomic E-state index is 0.723. The lowest BCUT2D eigenvalue weighted by Crippen LogP contribution is -1.92. The second-order valence-corrected chi connectivity index (χ2v) is 5.27. The molecule has 1 aromatic heterocycles. The minimum Gasteiger partial charge on any atom is -0.398 e. The third-order valence-corrected chi connectivity index (χ3v) is 3.80. The van der Waals surface area contributed by atoms with Crippen molar-refractivity contribution < 1.29 is 0 Å². The quantitative estimate of drug-likeness (QED) is 0.479. The highest BCUT2D eigenvalue weighted by Gasteiger charge is 2.09. The molecule has 0 amide bonds. The van der Waals surface area contributed by atoms with Crippen LogP contribution in [0.2, 0.25) is 0 Å². The normalized spacial score (nSPS) is 10.2. The third-order valence-electron chi connectivity index (χ3n) is 3.80. The van der Waals surface area contributed by atoms with E-state index >= 15 is 0 Å². The van der Waals surface area contributed by atoms with Gasteiger partial charge in [-0.1, -0.05) is 62.4 Å². The number of para-hydroxylation sites is 2. The molecule has 0 saturated carbocycles. The van der Waals surface area contributed by atoms with Gasteiger partial charge in [0.15, 0.2) is 0 Å². The molecule has 0 aliphatic heterocycles. The van der Waals surface area contributed by atoms with Gasteiger partial charge in [-0.2, -0.15) is 0 Å². The van der Waals surface area contributed by atoms with Crippen LogP contribution in [0.4, 0.5) is 5.69 Å². The van der Waals surface area contributed by atoms with Crippen molar-refractivity contribution in [1.29, 1.82) is 0 Å². The number of hydrogen-bond donors (Lipinski definition) is 2. The fraction of sp³-hybridized carbons (Fsp3) is 0.0952. The molecule has 0 radical (unpaired) electrons. The lowest BCUT2D eigenvalue weighted by atomic mass is 10.0. The van der Waals surface area contributed by atoms with Crippen molar-refractivity contribution in [2.24, 2.45) is 0 Å². The molecule has 1 heterocycles. The number of nitrogens with two attached hydrogens (primary N) is 1. The summed E-state index contributed by atoms with van der Waals surface area (Å²) < 4.78 is 0. The molecule has 0 spiro atoms. The first-order chi connectivity index (χ1) is 11.8. The number of fused-ring (bicyclic) bond motifs is 1. The topological polar surface area (TPSA) is 54.7 Å². The van der Waals surface area contributed by atoms with Gasteiger partial charge in [-0.25, -0.2) is 4.98 Å². The number of nitrogens with one attached hydrogen (secondary N) is 1. The standard InChI is InChI=1S/C19H15N3.C2H6/c20-16-12-14(13-6-2-1-3-7-13)10-11-15(16)19-21-17-8-4-5-9-18(17)22-19;1-2/h1-12H,20H2,(H,21,22);1-2H3. The molecular weight excluding hydrogens is 294 g/mol. The van der Waals surface area contributed by atoms with Gasteiger partial charge < -0.3 is 10.7 Å². The number of rotatable bonds is 2. The maximum absolute atomic E-state index is 6.25. The van der Waals surface area contributed by atoms with Crippen molar-refractivity contribution in [2.75, 3.05) is 5.73 Å². The summed E-state index contributed by atoms with van der Waals surface area (Å²) in [6.07, 6.45) is 0. The number of imidazole rings is 1.